The molecule has 1 aliphatic rings. The van der Waals surface area contributed by atoms with Crippen LogP contribution in [-0.2, 0) is 0 Å². The van der Waals surface area contributed by atoms with Crippen molar-refractivity contribution >= 4 is 31.9 Å². The van der Waals surface area contributed by atoms with Gasteiger partial charge in [0, 0.05) is 27.1 Å². The summed E-state index contributed by atoms with van der Waals surface area (Å²) in [5.41, 5.74) is 6.54. The highest BCUT2D eigenvalue weighted by Gasteiger charge is 2.42. The molecule has 5 heteroatoms. The molecule has 21 heavy (non-hydrogen) atoms. The van der Waals surface area contributed by atoms with Gasteiger partial charge in [-0.15, -0.1) is 0 Å². The Kier molecular flexibility index (Phi) is 6.24. The monoisotopic (exact) mass is 418 g/mol. The Balaban J connectivity index is 2.17. The highest BCUT2D eigenvalue weighted by atomic mass is 79.9. The van der Waals surface area contributed by atoms with Crippen molar-refractivity contribution in [3.8, 4) is 0 Å². The summed E-state index contributed by atoms with van der Waals surface area (Å²) in [7, 11) is 0. The van der Waals surface area contributed by atoms with Crippen LogP contribution in [0.15, 0.2) is 21.2 Å². The maximum Gasteiger partial charge on any atom is 0.104 e. The van der Waals surface area contributed by atoms with Gasteiger partial charge in [-0.25, -0.2) is 0 Å². The highest BCUT2D eigenvalue weighted by molar-refractivity contribution is 9.11. The van der Waals surface area contributed by atoms with E-state index in [1.54, 1.807) is 6.20 Å². The summed E-state index contributed by atoms with van der Waals surface area (Å²) in [6.07, 6.45) is 7.95. The van der Waals surface area contributed by atoms with Crippen LogP contribution in [-0.4, -0.2) is 16.6 Å². The highest BCUT2D eigenvalue weighted by Crippen LogP contribution is 2.48. The minimum absolute atomic E-state index is 0.229. The topological polar surface area (TPSA) is 59.1 Å². The fourth-order valence-corrected chi connectivity index (χ4v) is 4.66. The first-order chi connectivity index (χ1) is 10.0. The second-order valence-corrected chi connectivity index (χ2v) is 7.99. The number of halogens is 2. The number of nitrogens with zero attached hydrogens (tertiary/aromatic N) is 1. The molecule has 3 N–H and O–H groups in total. The van der Waals surface area contributed by atoms with Crippen LogP contribution in [0.4, 0.5) is 0 Å². The second-order valence-electron chi connectivity index (χ2n) is 6.22. The van der Waals surface area contributed by atoms with Crippen molar-refractivity contribution in [3.63, 3.8) is 0 Å². The van der Waals surface area contributed by atoms with Crippen LogP contribution in [0, 0.1) is 11.3 Å². The zero-order valence-electron chi connectivity index (χ0n) is 12.5. The lowest BCUT2D eigenvalue weighted by molar-refractivity contribution is -0.0139. The molecule has 0 amide bonds. The molecule has 2 rings (SSSR count). The van der Waals surface area contributed by atoms with E-state index in [0.717, 1.165) is 40.5 Å². The number of aliphatic hydroxyl groups excluding tert-OH is 1. The molecule has 1 unspecified atom stereocenters. The largest absolute Gasteiger partial charge is 0.386 e. The molecule has 1 aromatic heterocycles. The lowest BCUT2D eigenvalue weighted by Gasteiger charge is -2.42. The lowest BCUT2D eigenvalue weighted by atomic mass is 9.66. The van der Waals surface area contributed by atoms with Crippen molar-refractivity contribution < 1.29 is 5.11 Å². The van der Waals surface area contributed by atoms with Crippen LogP contribution >= 0.6 is 31.9 Å². The summed E-state index contributed by atoms with van der Waals surface area (Å²) in [6.45, 7) is 2.75. The number of hydrogen-bond acceptors (Lipinski definition) is 3. The molecule has 0 bridgehead atoms. The fraction of sp³-hybridized carbons (Fsp3) is 0.688. The zero-order valence-corrected chi connectivity index (χ0v) is 15.7. The van der Waals surface area contributed by atoms with Crippen molar-refractivity contribution in [2.24, 2.45) is 17.1 Å². The molecular weight excluding hydrogens is 396 g/mol. The number of pyridine rings is 1. The Bertz CT molecular complexity index is 473. The first-order valence-electron chi connectivity index (χ1n) is 7.71. The van der Waals surface area contributed by atoms with E-state index in [4.69, 9.17) is 5.73 Å². The van der Waals surface area contributed by atoms with Crippen molar-refractivity contribution in [2.45, 2.75) is 51.6 Å². The number of aromatic nitrogens is 1. The van der Waals surface area contributed by atoms with E-state index in [1.165, 1.54) is 12.8 Å². The van der Waals surface area contributed by atoms with Gasteiger partial charge in [-0.05, 0) is 69.5 Å². The summed E-state index contributed by atoms with van der Waals surface area (Å²) >= 11 is 6.91. The molecule has 1 aliphatic carbocycles. The van der Waals surface area contributed by atoms with Crippen LogP contribution in [0.25, 0.3) is 0 Å². The Morgan fingerprint density at radius 1 is 1.43 bits per heavy atom. The van der Waals surface area contributed by atoms with E-state index in [2.05, 4.69) is 43.8 Å². The molecular formula is C16H24Br2N2O. The third-order valence-corrected chi connectivity index (χ3v) is 5.95. The van der Waals surface area contributed by atoms with Crippen LogP contribution in [0.1, 0.15) is 57.2 Å². The van der Waals surface area contributed by atoms with Crippen molar-refractivity contribution in [3.05, 3.63) is 26.9 Å². The smallest absolute Gasteiger partial charge is 0.104 e. The zero-order chi connectivity index (χ0) is 15.5. The van der Waals surface area contributed by atoms with Gasteiger partial charge in [-0.3, -0.25) is 4.98 Å². The van der Waals surface area contributed by atoms with Crippen LogP contribution in [0.3, 0.4) is 0 Å². The molecule has 0 spiro atoms. The van der Waals surface area contributed by atoms with Gasteiger partial charge >= 0.3 is 0 Å². The summed E-state index contributed by atoms with van der Waals surface area (Å²) in [6, 6.07) is 1.93. The van der Waals surface area contributed by atoms with Crippen LogP contribution in [0.2, 0.25) is 0 Å². The number of aliphatic hydroxyl groups is 1. The molecule has 0 aromatic carbocycles. The SMILES string of the molecule is CCCC1CCC(CN)(C(O)c2ncc(Br)cc2Br)CC1. The van der Waals surface area contributed by atoms with Gasteiger partial charge in [0.2, 0.25) is 0 Å². The van der Waals surface area contributed by atoms with E-state index in [1.807, 2.05) is 6.07 Å². The first kappa shape index (κ1) is 17.4. The van der Waals surface area contributed by atoms with Gasteiger partial charge in [0.25, 0.3) is 0 Å². The molecule has 118 valence electrons. The molecule has 1 fully saturated rings. The maximum absolute atomic E-state index is 10.9. The summed E-state index contributed by atoms with van der Waals surface area (Å²) in [5.74, 6) is 0.795. The third-order valence-electron chi connectivity index (χ3n) is 4.88. The lowest BCUT2D eigenvalue weighted by Crippen LogP contribution is -2.40. The molecule has 1 heterocycles. The van der Waals surface area contributed by atoms with Gasteiger partial charge < -0.3 is 10.8 Å². The van der Waals surface area contributed by atoms with E-state index < -0.39 is 6.10 Å². The predicted molar refractivity (Wildman–Crippen MR) is 93.0 cm³/mol. The van der Waals surface area contributed by atoms with E-state index in [9.17, 15) is 5.11 Å². The molecule has 0 radical (unpaired) electrons. The molecule has 1 aromatic rings. The maximum atomic E-state index is 10.9. The quantitative estimate of drug-likeness (QED) is 0.734. The summed E-state index contributed by atoms with van der Waals surface area (Å²) in [4.78, 5) is 4.40. The predicted octanol–water partition coefficient (Wildman–Crippen LogP) is 4.58. The summed E-state index contributed by atoms with van der Waals surface area (Å²) < 4.78 is 1.74. The molecule has 1 atom stereocenters. The number of nitrogens with two attached hydrogens (primary N) is 1. The van der Waals surface area contributed by atoms with E-state index in [0.29, 0.717) is 12.2 Å². The van der Waals surface area contributed by atoms with Gasteiger partial charge in [0.05, 0.1) is 5.69 Å². The van der Waals surface area contributed by atoms with Gasteiger partial charge in [0.15, 0.2) is 0 Å². The Hall–Kier alpha value is 0.0300. The minimum atomic E-state index is -0.604. The molecule has 3 nitrogen and oxygen atoms in total. The van der Waals surface area contributed by atoms with E-state index in [-0.39, 0.29) is 5.41 Å². The van der Waals surface area contributed by atoms with Crippen LogP contribution < -0.4 is 5.73 Å². The normalized spacial score (nSPS) is 27.6. The van der Waals surface area contributed by atoms with Crippen molar-refractivity contribution in [2.75, 3.05) is 6.54 Å². The average molecular weight is 420 g/mol. The molecule has 0 saturated heterocycles. The van der Waals surface area contributed by atoms with Gasteiger partial charge in [-0.2, -0.15) is 0 Å². The second kappa shape index (κ2) is 7.53. The van der Waals surface area contributed by atoms with Crippen molar-refractivity contribution in [1.29, 1.82) is 0 Å². The standard InChI is InChI=1S/C16H24Br2N2O/c1-2-3-11-4-6-16(10-19,7-5-11)15(21)14-13(18)8-12(17)9-20-14/h8-9,11,15,21H,2-7,10,19H2,1H3. The Labute approximate surface area is 144 Å². The molecule has 0 aliphatic heterocycles. The first-order valence-corrected chi connectivity index (χ1v) is 9.30. The average Bonchev–Trinajstić information content (AvgIpc) is 2.48. The van der Waals surface area contributed by atoms with E-state index >= 15 is 0 Å². The summed E-state index contributed by atoms with van der Waals surface area (Å²) in [5, 5.41) is 10.9. The van der Waals surface area contributed by atoms with Crippen molar-refractivity contribution in [1.82, 2.24) is 4.98 Å². The van der Waals surface area contributed by atoms with Gasteiger partial charge in [0.1, 0.15) is 6.10 Å². The Morgan fingerprint density at radius 2 is 2.10 bits per heavy atom. The fourth-order valence-electron chi connectivity index (χ4n) is 3.45. The van der Waals surface area contributed by atoms with Crippen LogP contribution in [0.5, 0.6) is 0 Å². The number of rotatable bonds is 5. The number of hydrogen-bond donors (Lipinski definition) is 2. The molecule has 1 saturated carbocycles. The Morgan fingerprint density at radius 3 is 2.62 bits per heavy atom. The third kappa shape index (κ3) is 3.87. The minimum Gasteiger partial charge on any atom is -0.386 e. The van der Waals surface area contributed by atoms with Gasteiger partial charge in [-0.1, -0.05) is 19.8 Å².